The fourth-order valence-electron chi connectivity index (χ4n) is 3.00. The highest BCUT2D eigenvalue weighted by atomic mass is 32.2. The third-order valence-corrected chi connectivity index (χ3v) is 4.76. The average molecular weight is 247 g/mol. The van der Waals surface area contributed by atoms with Gasteiger partial charge < -0.3 is 5.32 Å². The summed E-state index contributed by atoms with van der Waals surface area (Å²) in [6.07, 6.45) is 4.98. The minimum atomic E-state index is -3.54. The smallest absolute Gasteiger partial charge is 0.277 e. The van der Waals surface area contributed by atoms with Crippen molar-refractivity contribution in [2.45, 2.75) is 57.2 Å². The van der Waals surface area contributed by atoms with E-state index in [2.05, 4.69) is 5.32 Å². The lowest BCUT2D eigenvalue weighted by atomic mass is 10.00. The molecule has 2 saturated heterocycles. The van der Waals surface area contributed by atoms with Crippen LogP contribution in [0, 0.1) is 0 Å². The highest BCUT2D eigenvalue weighted by Gasteiger charge is 2.38. The Morgan fingerprint density at radius 3 is 2.31 bits per heavy atom. The van der Waals surface area contributed by atoms with Gasteiger partial charge in [0.15, 0.2) is 0 Å². The van der Waals surface area contributed by atoms with E-state index in [-0.39, 0.29) is 6.04 Å². The van der Waals surface area contributed by atoms with Crippen molar-refractivity contribution in [3.8, 4) is 0 Å². The Hall–Kier alpha value is -0.170. The molecule has 2 unspecified atom stereocenters. The first-order chi connectivity index (χ1) is 7.50. The van der Waals surface area contributed by atoms with E-state index in [4.69, 9.17) is 5.14 Å². The molecular formula is C10H21N3O2S. The molecule has 2 aliphatic rings. The Kier molecular flexibility index (Phi) is 3.53. The molecule has 0 amide bonds. The van der Waals surface area contributed by atoms with Crippen LogP contribution in [-0.2, 0) is 10.2 Å². The lowest BCUT2D eigenvalue weighted by Crippen LogP contribution is -2.52. The van der Waals surface area contributed by atoms with Crippen LogP contribution in [0.2, 0.25) is 0 Å². The van der Waals surface area contributed by atoms with Gasteiger partial charge in [-0.3, -0.25) is 0 Å². The summed E-state index contributed by atoms with van der Waals surface area (Å²) in [5.74, 6) is 0. The number of fused-ring (bicyclic) bond motifs is 2. The Morgan fingerprint density at radius 1 is 1.31 bits per heavy atom. The van der Waals surface area contributed by atoms with Gasteiger partial charge in [0.25, 0.3) is 10.2 Å². The number of nitrogens with zero attached hydrogens (tertiary/aromatic N) is 1. The summed E-state index contributed by atoms with van der Waals surface area (Å²) in [5.41, 5.74) is 0. The second-order valence-electron chi connectivity index (χ2n) is 4.92. The lowest BCUT2D eigenvalue weighted by Gasteiger charge is -2.35. The van der Waals surface area contributed by atoms with E-state index in [9.17, 15) is 8.42 Å². The van der Waals surface area contributed by atoms with E-state index >= 15 is 0 Å². The van der Waals surface area contributed by atoms with Gasteiger partial charge >= 0.3 is 0 Å². The summed E-state index contributed by atoms with van der Waals surface area (Å²) in [4.78, 5) is 0. The minimum absolute atomic E-state index is 0.105. The number of hydrogen-bond donors (Lipinski definition) is 2. The van der Waals surface area contributed by atoms with Crippen molar-refractivity contribution in [2.75, 3.05) is 6.54 Å². The molecule has 2 aliphatic heterocycles. The van der Waals surface area contributed by atoms with Gasteiger partial charge in [0.1, 0.15) is 0 Å². The average Bonchev–Trinajstić information content (AvgIpc) is 2.52. The van der Waals surface area contributed by atoms with Crippen LogP contribution < -0.4 is 10.5 Å². The van der Waals surface area contributed by atoms with Gasteiger partial charge in [-0.15, -0.1) is 0 Å². The van der Waals surface area contributed by atoms with Gasteiger partial charge in [-0.2, -0.15) is 12.7 Å². The maximum atomic E-state index is 11.5. The highest BCUT2D eigenvalue weighted by molar-refractivity contribution is 7.86. The first kappa shape index (κ1) is 12.3. The van der Waals surface area contributed by atoms with Crippen LogP contribution in [0.15, 0.2) is 0 Å². The van der Waals surface area contributed by atoms with Gasteiger partial charge in [-0.1, -0.05) is 6.92 Å². The molecule has 2 fully saturated rings. The monoisotopic (exact) mass is 247 g/mol. The van der Waals surface area contributed by atoms with Crippen LogP contribution >= 0.6 is 0 Å². The fourth-order valence-corrected chi connectivity index (χ4v) is 4.03. The van der Waals surface area contributed by atoms with Crippen LogP contribution in [0.1, 0.15) is 39.0 Å². The van der Waals surface area contributed by atoms with E-state index in [0.29, 0.717) is 18.6 Å². The Bertz CT molecular complexity index is 332. The first-order valence-electron chi connectivity index (χ1n) is 6.06. The molecule has 3 N–H and O–H groups in total. The molecule has 6 heteroatoms. The fraction of sp³-hybridized carbons (Fsp3) is 1.00. The van der Waals surface area contributed by atoms with Gasteiger partial charge in [0.05, 0.1) is 0 Å². The molecule has 2 heterocycles. The van der Waals surface area contributed by atoms with Crippen LogP contribution in [0.25, 0.3) is 0 Å². The summed E-state index contributed by atoms with van der Waals surface area (Å²) in [7, 11) is -3.54. The lowest BCUT2D eigenvalue weighted by molar-refractivity contribution is 0.226. The molecule has 16 heavy (non-hydrogen) atoms. The van der Waals surface area contributed by atoms with E-state index in [1.54, 1.807) is 0 Å². The Morgan fingerprint density at radius 2 is 1.88 bits per heavy atom. The van der Waals surface area contributed by atoms with Gasteiger partial charge in [-0.05, 0) is 32.1 Å². The van der Waals surface area contributed by atoms with E-state index in [0.717, 1.165) is 19.3 Å². The highest BCUT2D eigenvalue weighted by Crippen LogP contribution is 2.30. The van der Waals surface area contributed by atoms with Crippen molar-refractivity contribution in [3.63, 3.8) is 0 Å². The number of nitrogens with two attached hydrogens (primary N) is 1. The molecule has 0 radical (unpaired) electrons. The summed E-state index contributed by atoms with van der Waals surface area (Å²) in [6, 6.07) is 1.09. The number of piperidine rings is 1. The maximum Gasteiger partial charge on any atom is 0.277 e. The van der Waals surface area contributed by atoms with Crippen molar-refractivity contribution < 1.29 is 8.42 Å². The van der Waals surface area contributed by atoms with Crippen LogP contribution in [0.4, 0.5) is 0 Å². The predicted octanol–water partition coefficient (Wildman–Crippen LogP) is 0.185. The largest absolute Gasteiger partial charge is 0.311 e. The SMILES string of the molecule is CCCN(C1CC2CCC(C1)N2)S(N)(=O)=O. The maximum absolute atomic E-state index is 11.5. The van der Waals surface area contributed by atoms with E-state index in [1.165, 1.54) is 17.1 Å². The molecule has 5 nitrogen and oxygen atoms in total. The summed E-state index contributed by atoms with van der Waals surface area (Å²) >= 11 is 0. The third kappa shape index (κ3) is 2.56. The third-order valence-electron chi connectivity index (χ3n) is 3.63. The number of nitrogens with one attached hydrogen (secondary N) is 1. The van der Waals surface area contributed by atoms with Gasteiger partial charge in [-0.25, -0.2) is 5.14 Å². The molecule has 0 aromatic carbocycles. The van der Waals surface area contributed by atoms with Crippen molar-refractivity contribution in [3.05, 3.63) is 0 Å². The molecular weight excluding hydrogens is 226 g/mol. The second-order valence-corrected chi connectivity index (χ2v) is 6.42. The van der Waals surface area contributed by atoms with Crippen LogP contribution in [0.5, 0.6) is 0 Å². The Labute approximate surface area is 97.6 Å². The molecule has 0 aromatic rings. The van der Waals surface area contributed by atoms with Crippen molar-refractivity contribution in [1.29, 1.82) is 0 Å². The number of hydrogen-bond acceptors (Lipinski definition) is 3. The molecule has 2 bridgehead atoms. The summed E-state index contributed by atoms with van der Waals surface area (Å²) in [6.45, 7) is 2.52. The zero-order valence-corrected chi connectivity index (χ0v) is 10.5. The van der Waals surface area contributed by atoms with Crippen LogP contribution in [0.3, 0.4) is 0 Å². The second kappa shape index (κ2) is 4.60. The van der Waals surface area contributed by atoms with Crippen molar-refractivity contribution >= 4 is 10.2 Å². The molecule has 94 valence electrons. The summed E-state index contributed by atoms with van der Waals surface area (Å²) < 4.78 is 24.6. The van der Waals surface area contributed by atoms with Gasteiger partial charge in [0.2, 0.25) is 0 Å². The van der Waals surface area contributed by atoms with Gasteiger partial charge in [0, 0.05) is 24.7 Å². The molecule has 0 aliphatic carbocycles. The standard InChI is InChI=1S/C10H21N3O2S/c1-2-5-13(16(11,14)15)10-6-8-3-4-9(7-10)12-8/h8-10,12H,2-7H2,1H3,(H2,11,14,15). The molecule has 0 saturated carbocycles. The van der Waals surface area contributed by atoms with Crippen molar-refractivity contribution in [2.24, 2.45) is 5.14 Å². The molecule has 2 rings (SSSR count). The Balaban J connectivity index is 2.09. The normalized spacial score (nSPS) is 34.6. The zero-order valence-electron chi connectivity index (χ0n) is 9.72. The first-order valence-corrected chi connectivity index (χ1v) is 7.56. The van der Waals surface area contributed by atoms with Crippen LogP contribution in [-0.4, -0.2) is 37.4 Å². The summed E-state index contributed by atoms with van der Waals surface area (Å²) in [5, 5.41) is 8.79. The number of rotatable bonds is 4. The molecule has 0 aromatic heterocycles. The minimum Gasteiger partial charge on any atom is -0.311 e. The zero-order chi connectivity index (χ0) is 11.8. The van der Waals surface area contributed by atoms with E-state index < -0.39 is 10.2 Å². The quantitative estimate of drug-likeness (QED) is 0.744. The van der Waals surface area contributed by atoms with Crippen molar-refractivity contribution in [1.82, 2.24) is 9.62 Å². The molecule has 2 atom stereocenters. The van der Waals surface area contributed by atoms with E-state index in [1.807, 2.05) is 6.92 Å². The molecule has 0 spiro atoms. The topological polar surface area (TPSA) is 75.4 Å². The predicted molar refractivity (Wildman–Crippen MR) is 63.1 cm³/mol.